The van der Waals surface area contributed by atoms with Crippen LogP contribution in [0, 0.1) is 18.6 Å². The van der Waals surface area contributed by atoms with E-state index in [1.807, 2.05) is 4.90 Å². The van der Waals surface area contributed by atoms with E-state index in [2.05, 4.69) is 39.5 Å². The van der Waals surface area contributed by atoms with Crippen LogP contribution in [-0.2, 0) is 5.41 Å². The molecule has 34 heavy (non-hydrogen) atoms. The van der Waals surface area contributed by atoms with Crippen LogP contribution in [0.25, 0.3) is 5.69 Å². The van der Waals surface area contributed by atoms with E-state index in [1.54, 1.807) is 38.2 Å². The zero-order valence-corrected chi connectivity index (χ0v) is 19.3. The maximum absolute atomic E-state index is 14.9. The summed E-state index contributed by atoms with van der Waals surface area (Å²) in [4.78, 5) is 15.5. The lowest BCUT2D eigenvalue weighted by molar-refractivity contribution is 0.569. The van der Waals surface area contributed by atoms with E-state index in [9.17, 15) is 8.78 Å². The molecule has 0 spiro atoms. The van der Waals surface area contributed by atoms with Gasteiger partial charge < -0.3 is 15.5 Å². The van der Waals surface area contributed by atoms with Gasteiger partial charge in [0.05, 0.1) is 0 Å². The molecule has 10 heteroatoms. The number of aromatic nitrogens is 5. The Balaban J connectivity index is 1.53. The van der Waals surface area contributed by atoms with E-state index < -0.39 is 5.82 Å². The van der Waals surface area contributed by atoms with Gasteiger partial charge >= 0.3 is 0 Å². The highest BCUT2D eigenvalue weighted by Crippen LogP contribution is 2.46. The van der Waals surface area contributed by atoms with Crippen molar-refractivity contribution in [3.8, 4) is 5.69 Å². The summed E-state index contributed by atoms with van der Waals surface area (Å²) >= 11 is 0. The Kier molecular flexibility index (Phi) is 5.15. The van der Waals surface area contributed by atoms with Crippen LogP contribution >= 0.6 is 0 Å². The van der Waals surface area contributed by atoms with Crippen LogP contribution in [0.2, 0.25) is 0 Å². The van der Waals surface area contributed by atoms with Gasteiger partial charge in [0.1, 0.15) is 35.3 Å². The first-order chi connectivity index (χ1) is 16.3. The van der Waals surface area contributed by atoms with Gasteiger partial charge in [-0.2, -0.15) is 15.1 Å². The van der Waals surface area contributed by atoms with Gasteiger partial charge in [-0.3, -0.25) is 0 Å². The predicted octanol–water partition coefficient (Wildman–Crippen LogP) is 4.86. The maximum Gasteiger partial charge on any atom is 0.231 e. The van der Waals surface area contributed by atoms with Crippen LogP contribution in [0.3, 0.4) is 0 Å². The molecule has 2 aromatic heterocycles. The van der Waals surface area contributed by atoms with Crippen LogP contribution in [-0.4, -0.2) is 38.3 Å². The summed E-state index contributed by atoms with van der Waals surface area (Å²) < 4.78 is 29.8. The van der Waals surface area contributed by atoms with E-state index in [1.165, 1.54) is 29.2 Å². The third kappa shape index (κ3) is 3.70. The van der Waals surface area contributed by atoms with Gasteiger partial charge in [-0.1, -0.05) is 13.8 Å². The molecule has 0 unspecified atom stereocenters. The number of fused-ring (bicyclic) bond motifs is 1. The summed E-state index contributed by atoms with van der Waals surface area (Å²) in [7, 11) is 1.80. The maximum atomic E-state index is 14.9. The molecule has 2 N–H and O–H groups in total. The molecule has 4 aromatic rings. The predicted molar refractivity (Wildman–Crippen MR) is 127 cm³/mol. The van der Waals surface area contributed by atoms with Gasteiger partial charge in [0.25, 0.3) is 0 Å². The smallest absolute Gasteiger partial charge is 0.231 e. The van der Waals surface area contributed by atoms with Crippen LogP contribution in [0.4, 0.5) is 37.7 Å². The number of rotatable bonds is 5. The topological polar surface area (TPSA) is 83.8 Å². The number of aryl methyl sites for hydroxylation is 1. The van der Waals surface area contributed by atoms with Crippen LogP contribution in [0.15, 0.2) is 48.8 Å². The highest BCUT2D eigenvalue weighted by molar-refractivity contribution is 5.76. The average Bonchev–Trinajstić information content (AvgIpc) is 3.34. The SMILES string of the molecule is CNc1nc(Nc2ccc(-n3ncnc3C)c(F)c2)nc2c1C(C)(C)CN2c1ccc(F)cc1. The van der Waals surface area contributed by atoms with Gasteiger partial charge in [-0.15, -0.1) is 0 Å². The number of anilines is 5. The Morgan fingerprint density at radius 3 is 2.44 bits per heavy atom. The molecule has 0 aliphatic carbocycles. The number of nitrogens with one attached hydrogen (secondary N) is 2. The van der Waals surface area contributed by atoms with Crippen molar-refractivity contribution in [2.75, 3.05) is 29.1 Å². The second kappa shape index (κ2) is 8.05. The molecule has 3 heterocycles. The molecule has 5 rings (SSSR count). The Labute approximate surface area is 195 Å². The fourth-order valence-electron chi connectivity index (χ4n) is 4.31. The fourth-order valence-corrected chi connectivity index (χ4v) is 4.31. The third-order valence-corrected chi connectivity index (χ3v) is 5.90. The molecule has 2 aromatic carbocycles. The summed E-state index contributed by atoms with van der Waals surface area (Å²) in [5.74, 6) is 1.55. The molecule has 1 aliphatic rings. The monoisotopic (exact) mass is 462 g/mol. The van der Waals surface area contributed by atoms with Crippen molar-refractivity contribution >= 4 is 29.0 Å². The molecule has 8 nitrogen and oxygen atoms in total. The summed E-state index contributed by atoms with van der Waals surface area (Å²) in [5, 5.41) is 10.3. The number of halogens is 2. The van der Waals surface area contributed by atoms with Crippen LogP contribution in [0.1, 0.15) is 25.2 Å². The first-order valence-corrected chi connectivity index (χ1v) is 10.8. The molecule has 0 bridgehead atoms. The highest BCUT2D eigenvalue weighted by Gasteiger charge is 2.40. The summed E-state index contributed by atoms with van der Waals surface area (Å²) in [6, 6.07) is 11.1. The largest absolute Gasteiger partial charge is 0.373 e. The molecule has 0 amide bonds. The highest BCUT2D eigenvalue weighted by atomic mass is 19.1. The second-order valence-electron chi connectivity index (χ2n) is 8.80. The minimum absolute atomic E-state index is 0.246. The zero-order chi connectivity index (χ0) is 24.0. The second-order valence-corrected chi connectivity index (χ2v) is 8.80. The van der Waals surface area contributed by atoms with Crippen molar-refractivity contribution in [2.45, 2.75) is 26.2 Å². The lowest BCUT2D eigenvalue weighted by atomic mass is 9.88. The van der Waals surface area contributed by atoms with Crippen molar-refractivity contribution in [2.24, 2.45) is 0 Å². The van der Waals surface area contributed by atoms with Gasteiger partial charge in [-0.25, -0.2) is 18.4 Å². The van der Waals surface area contributed by atoms with Crippen LogP contribution in [0.5, 0.6) is 0 Å². The van der Waals surface area contributed by atoms with Gasteiger partial charge in [0, 0.05) is 35.9 Å². The lowest BCUT2D eigenvalue weighted by Gasteiger charge is -2.21. The Bertz CT molecular complexity index is 1360. The number of hydrogen-bond acceptors (Lipinski definition) is 7. The van der Waals surface area contributed by atoms with Crippen LogP contribution < -0.4 is 15.5 Å². The van der Waals surface area contributed by atoms with Crippen molar-refractivity contribution in [3.63, 3.8) is 0 Å². The van der Waals surface area contributed by atoms with Crippen molar-refractivity contribution in [1.29, 1.82) is 0 Å². The number of nitrogens with zero attached hydrogens (tertiary/aromatic N) is 6. The first-order valence-electron chi connectivity index (χ1n) is 10.8. The molecule has 0 fully saturated rings. The molecular formula is C24H24F2N8. The molecular weight excluding hydrogens is 438 g/mol. The summed E-state index contributed by atoms with van der Waals surface area (Å²) in [6.07, 6.45) is 1.38. The van der Waals surface area contributed by atoms with Gasteiger partial charge in [-0.05, 0) is 49.4 Å². The fraction of sp³-hybridized carbons (Fsp3) is 0.250. The minimum atomic E-state index is -0.456. The molecule has 0 radical (unpaired) electrons. The standard InChI is InChI=1S/C24H24F2N8/c1-14-28-13-29-34(14)19-10-7-16(11-18(19)26)30-23-31-21(27-4)20-22(32-23)33(12-24(20,2)3)17-8-5-15(25)6-9-17/h5-11,13H,12H2,1-4H3,(H2,27,30,31,32). The molecule has 174 valence electrons. The van der Waals surface area contributed by atoms with E-state index >= 15 is 0 Å². The number of hydrogen-bond donors (Lipinski definition) is 2. The normalized spacial score (nSPS) is 14.2. The lowest BCUT2D eigenvalue weighted by Crippen LogP contribution is -2.25. The van der Waals surface area contributed by atoms with E-state index in [0.29, 0.717) is 41.3 Å². The van der Waals surface area contributed by atoms with Crippen molar-refractivity contribution in [3.05, 3.63) is 71.8 Å². The minimum Gasteiger partial charge on any atom is -0.373 e. The molecule has 0 saturated carbocycles. The molecule has 1 aliphatic heterocycles. The average molecular weight is 463 g/mol. The summed E-state index contributed by atoms with van der Waals surface area (Å²) in [6.45, 7) is 6.64. The molecule has 0 saturated heterocycles. The van der Waals surface area contributed by atoms with E-state index in [-0.39, 0.29) is 11.2 Å². The van der Waals surface area contributed by atoms with Crippen molar-refractivity contribution < 1.29 is 8.78 Å². The number of benzene rings is 2. The Morgan fingerprint density at radius 2 is 1.79 bits per heavy atom. The Hall–Kier alpha value is -4.08. The van der Waals surface area contributed by atoms with Gasteiger partial charge in [0.2, 0.25) is 5.95 Å². The van der Waals surface area contributed by atoms with E-state index in [0.717, 1.165) is 11.3 Å². The quantitative estimate of drug-likeness (QED) is 0.438. The first kappa shape index (κ1) is 21.7. The Morgan fingerprint density at radius 1 is 1.03 bits per heavy atom. The summed E-state index contributed by atoms with van der Waals surface area (Å²) in [5.41, 5.74) is 2.35. The van der Waals surface area contributed by atoms with Crippen molar-refractivity contribution in [1.82, 2.24) is 24.7 Å². The van der Waals surface area contributed by atoms with E-state index in [4.69, 9.17) is 4.98 Å². The zero-order valence-electron chi connectivity index (χ0n) is 19.3. The molecule has 0 atom stereocenters. The third-order valence-electron chi connectivity index (χ3n) is 5.90. The van der Waals surface area contributed by atoms with Gasteiger partial charge in [0.15, 0.2) is 5.82 Å².